The van der Waals surface area contributed by atoms with E-state index in [1.165, 1.54) is 0 Å². The monoisotopic (exact) mass is 315 g/mol. The third kappa shape index (κ3) is 4.68. The maximum Gasteiger partial charge on any atom is 0.309 e. The van der Waals surface area contributed by atoms with E-state index in [-0.39, 0.29) is 24.4 Å². The summed E-state index contributed by atoms with van der Waals surface area (Å²) in [5.74, 6) is -0.376. The molecule has 1 aliphatic rings. The van der Waals surface area contributed by atoms with Gasteiger partial charge >= 0.3 is 5.97 Å². The molecule has 1 amide bonds. The zero-order valence-electron chi connectivity index (χ0n) is 14.1. The van der Waals surface area contributed by atoms with Crippen LogP contribution in [0.1, 0.15) is 50.2 Å². The van der Waals surface area contributed by atoms with E-state index in [1.54, 1.807) is 0 Å². The molecule has 0 aromatic heterocycles. The largest absolute Gasteiger partial charge is 0.455 e. The fourth-order valence-electron chi connectivity index (χ4n) is 2.78. The summed E-state index contributed by atoms with van der Waals surface area (Å²) < 4.78 is 5.17. The van der Waals surface area contributed by atoms with Crippen molar-refractivity contribution in [3.05, 3.63) is 41.5 Å². The molecule has 1 aliphatic carbocycles. The zero-order valence-corrected chi connectivity index (χ0v) is 14.1. The quantitative estimate of drug-likeness (QED) is 0.661. The summed E-state index contributed by atoms with van der Waals surface area (Å²) in [6.45, 7) is 5.90. The highest BCUT2D eigenvalue weighted by Gasteiger charge is 2.21. The van der Waals surface area contributed by atoms with Crippen molar-refractivity contribution in [3.8, 4) is 0 Å². The van der Waals surface area contributed by atoms with Gasteiger partial charge in [-0.25, -0.2) is 0 Å². The Morgan fingerprint density at radius 3 is 2.74 bits per heavy atom. The molecule has 0 radical (unpaired) electrons. The van der Waals surface area contributed by atoms with Gasteiger partial charge in [-0.05, 0) is 43.2 Å². The van der Waals surface area contributed by atoms with Crippen LogP contribution >= 0.6 is 0 Å². The van der Waals surface area contributed by atoms with Crippen LogP contribution in [0.4, 0.5) is 5.69 Å². The van der Waals surface area contributed by atoms with Gasteiger partial charge in [0.25, 0.3) is 5.91 Å². The van der Waals surface area contributed by atoms with E-state index in [1.807, 2.05) is 31.2 Å². The Hall–Kier alpha value is -2.10. The lowest BCUT2D eigenvalue weighted by atomic mass is 9.95. The van der Waals surface area contributed by atoms with Gasteiger partial charge in [0, 0.05) is 5.69 Å². The number of allylic oxidation sites excluding steroid dienone is 2. The minimum absolute atomic E-state index is 0.113. The van der Waals surface area contributed by atoms with Gasteiger partial charge in [-0.3, -0.25) is 9.59 Å². The lowest BCUT2D eigenvalue weighted by molar-refractivity contribution is -0.151. The molecular weight excluding hydrogens is 290 g/mol. The van der Waals surface area contributed by atoms with E-state index in [2.05, 4.69) is 25.2 Å². The molecule has 23 heavy (non-hydrogen) atoms. The minimum Gasteiger partial charge on any atom is -0.455 e. The molecule has 0 aliphatic heterocycles. The van der Waals surface area contributed by atoms with Crippen LogP contribution in [-0.4, -0.2) is 18.5 Å². The molecule has 0 saturated heterocycles. The Labute approximate surface area is 137 Å². The Morgan fingerprint density at radius 2 is 2.09 bits per heavy atom. The molecule has 0 bridgehead atoms. The highest BCUT2D eigenvalue weighted by molar-refractivity contribution is 5.94. The van der Waals surface area contributed by atoms with Crippen LogP contribution in [-0.2, 0) is 14.3 Å². The van der Waals surface area contributed by atoms with Crippen LogP contribution in [0.3, 0.4) is 0 Å². The van der Waals surface area contributed by atoms with Gasteiger partial charge in [-0.15, -0.1) is 0 Å². The van der Waals surface area contributed by atoms with E-state index in [0.717, 1.165) is 29.7 Å². The number of anilines is 1. The third-order valence-corrected chi connectivity index (χ3v) is 4.14. The lowest BCUT2D eigenvalue weighted by Gasteiger charge is -2.18. The van der Waals surface area contributed by atoms with E-state index < -0.39 is 0 Å². The first-order valence-electron chi connectivity index (χ1n) is 8.20. The number of amides is 1. The summed E-state index contributed by atoms with van der Waals surface area (Å²) in [6, 6.07) is 5.95. The molecule has 2 rings (SSSR count). The molecule has 1 atom stereocenters. The molecule has 1 N–H and O–H groups in total. The first-order chi connectivity index (χ1) is 11.0. The minimum atomic E-state index is -0.291. The number of benzene rings is 1. The van der Waals surface area contributed by atoms with E-state index in [0.29, 0.717) is 12.3 Å². The van der Waals surface area contributed by atoms with Gasteiger partial charge in [0.1, 0.15) is 0 Å². The second-order valence-corrected chi connectivity index (χ2v) is 6.33. The fourth-order valence-corrected chi connectivity index (χ4v) is 2.78. The molecule has 4 heteroatoms. The standard InChI is InChI=1S/C19H25NO3/c1-13(2)16-11-7-8-14(3)18(16)20-17(21)12-23-19(22)15-9-5-4-6-10-15/h4-5,7-8,11,13,15H,6,9-10,12H2,1-3H3,(H,20,21)/t15-/m1/s1. The topological polar surface area (TPSA) is 55.4 Å². The van der Waals surface area contributed by atoms with Crippen molar-refractivity contribution < 1.29 is 14.3 Å². The molecular formula is C19H25NO3. The number of ether oxygens (including phenoxy) is 1. The van der Waals surface area contributed by atoms with Crippen LogP contribution < -0.4 is 5.32 Å². The van der Waals surface area contributed by atoms with Crippen molar-refractivity contribution in [3.63, 3.8) is 0 Å². The maximum atomic E-state index is 12.1. The molecule has 0 saturated carbocycles. The molecule has 4 nitrogen and oxygen atoms in total. The smallest absolute Gasteiger partial charge is 0.309 e. The van der Waals surface area contributed by atoms with Crippen molar-refractivity contribution in [2.45, 2.75) is 46.0 Å². The normalized spacial score (nSPS) is 17.1. The average molecular weight is 315 g/mol. The molecule has 1 aromatic rings. The van der Waals surface area contributed by atoms with E-state index >= 15 is 0 Å². The molecule has 1 aromatic carbocycles. The molecule has 0 spiro atoms. The first kappa shape index (κ1) is 17.3. The number of hydrogen-bond acceptors (Lipinski definition) is 3. The van der Waals surface area contributed by atoms with Crippen molar-refractivity contribution in [2.24, 2.45) is 5.92 Å². The summed E-state index contributed by atoms with van der Waals surface area (Å²) in [5.41, 5.74) is 2.92. The second kappa shape index (κ2) is 7.95. The highest BCUT2D eigenvalue weighted by Crippen LogP contribution is 2.27. The predicted molar refractivity (Wildman–Crippen MR) is 91.3 cm³/mol. The van der Waals surface area contributed by atoms with Gasteiger partial charge in [-0.1, -0.05) is 44.2 Å². The Bertz CT molecular complexity index is 605. The van der Waals surface area contributed by atoms with Gasteiger partial charge in [0.15, 0.2) is 6.61 Å². The molecule has 0 fully saturated rings. The zero-order chi connectivity index (χ0) is 16.8. The number of aryl methyl sites for hydroxylation is 1. The second-order valence-electron chi connectivity index (χ2n) is 6.33. The van der Waals surface area contributed by atoms with Crippen LogP contribution in [0, 0.1) is 12.8 Å². The Kier molecular flexibility index (Phi) is 5.97. The maximum absolute atomic E-state index is 12.1. The number of para-hydroxylation sites is 1. The van der Waals surface area contributed by atoms with Gasteiger partial charge in [-0.2, -0.15) is 0 Å². The van der Waals surface area contributed by atoms with Crippen LogP contribution in [0.5, 0.6) is 0 Å². The van der Waals surface area contributed by atoms with Gasteiger partial charge < -0.3 is 10.1 Å². The Morgan fingerprint density at radius 1 is 1.30 bits per heavy atom. The SMILES string of the molecule is Cc1cccc(C(C)C)c1NC(=O)COC(=O)[C@@H]1CC=CCC1. The average Bonchev–Trinajstić information content (AvgIpc) is 2.55. The van der Waals surface area contributed by atoms with Crippen LogP contribution in [0.25, 0.3) is 0 Å². The van der Waals surface area contributed by atoms with Crippen molar-refractivity contribution in [1.29, 1.82) is 0 Å². The number of nitrogens with one attached hydrogen (secondary N) is 1. The number of rotatable bonds is 5. The van der Waals surface area contributed by atoms with Crippen molar-refractivity contribution in [1.82, 2.24) is 0 Å². The predicted octanol–water partition coefficient (Wildman–Crippen LogP) is 3.96. The van der Waals surface area contributed by atoms with Crippen molar-refractivity contribution >= 4 is 17.6 Å². The molecule has 124 valence electrons. The van der Waals surface area contributed by atoms with Gasteiger partial charge in [0.2, 0.25) is 0 Å². The number of carbonyl (C=O) groups is 2. The van der Waals surface area contributed by atoms with Gasteiger partial charge in [0.05, 0.1) is 5.92 Å². The number of carbonyl (C=O) groups excluding carboxylic acids is 2. The highest BCUT2D eigenvalue weighted by atomic mass is 16.5. The lowest BCUT2D eigenvalue weighted by Crippen LogP contribution is -2.26. The van der Waals surface area contributed by atoms with Crippen LogP contribution in [0.15, 0.2) is 30.4 Å². The molecule has 0 heterocycles. The summed E-state index contributed by atoms with van der Waals surface area (Å²) in [6.07, 6.45) is 6.47. The van der Waals surface area contributed by atoms with Crippen molar-refractivity contribution in [2.75, 3.05) is 11.9 Å². The first-order valence-corrected chi connectivity index (χ1v) is 8.20. The molecule has 0 unspecified atom stereocenters. The summed E-state index contributed by atoms with van der Waals surface area (Å²) in [7, 11) is 0. The third-order valence-electron chi connectivity index (χ3n) is 4.14. The summed E-state index contributed by atoms with van der Waals surface area (Å²) in [4.78, 5) is 24.1. The van der Waals surface area contributed by atoms with E-state index in [4.69, 9.17) is 4.74 Å². The fraction of sp³-hybridized carbons (Fsp3) is 0.474. The van der Waals surface area contributed by atoms with E-state index in [9.17, 15) is 9.59 Å². The van der Waals surface area contributed by atoms with Crippen LogP contribution in [0.2, 0.25) is 0 Å². The summed E-state index contributed by atoms with van der Waals surface area (Å²) in [5, 5.41) is 2.89. The Balaban J connectivity index is 1.92. The number of hydrogen-bond donors (Lipinski definition) is 1. The summed E-state index contributed by atoms with van der Waals surface area (Å²) >= 11 is 0. The number of esters is 1.